The monoisotopic (exact) mass is 295 g/mol. The molecule has 1 atom stereocenters. The van der Waals surface area contributed by atoms with Crippen molar-refractivity contribution >= 4 is 11.9 Å². The van der Waals surface area contributed by atoms with Crippen molar-refractivity contribution in [3.63, 3.8) is 0 Å². The first-order valence-electron chi connectivity index (χ1n) is 7.48. The van der Waals surface area contributed by atoms with Gasteiger partial charge < -0.3 is 20.0 Å². The number of nitrogens with one attached hydrogen (secondary N) is 2. The highest BCUT2D eigenvalue weighted by Crippen LogP contribution is 2.13. The van der Waals surface area contributed by atoms with Crippen LogP contribution < -0.4 is 10.6 Å². The van der Waals surface area contributed by atoms with Gasteiger partial charge in [0.05, 0.1) is 6.54 Å². The van der Waals surface area contributed by atoms with Crippen LogP contribution in [0.25, 0.3) is 0 Å². The Kier molecular flexibility index (Phi) is 4.82. The second kappa shape index (κ2) is 6.43. The van der Waals surface area contributed by atoms with E-state index in [1.165, 1.54) is 0 Å². The molecule has 0 saturated carbocycles. The van der Waals surface area contributed by atoms with Crippen LogP contribution in [0.4, 0.5) is 6.01 Å². The van der Waals surface area contributed by atoms with Crippen LogP contribution in [0.5, 0.6) is 0 Å². The van der Waals surface area contributed by atoms with E-state index in [2.05, 4.69) is 41.6 Å². The van der Waals surface area contributed by atoms with Crippen LogP contribution in [-0.4, -0.2) is 45.7 Å². The summed E-state index contributed by atoms with van der Waals surface area (Å²) in [5.41, 5.74) is -0.0128. The molecule has 1 fully saturated rings. The Hall–Kier alpha value is -1.63. The molecule has 7 heteroatoms. The maximum atomic E-state index is 12.2. The minimum atomic E-state index is -0.355. The molecular weight excluding hydrogens is 270 g/mol. The molecule has 2 heterocycles. The number of nitrogens with zero attached hydrogens (tertiary/aromatic N) is 3. The molecule has 2 N–H and O–H groups in total. The zero-order chi connectivity index (χ0) is 15.5. The first-order chi connectivity index (χ1) is 9.85. The molecule has 1 amide bonds. The van der Waals surface area contributed by atoms with Crippen LogP contribution in [0.1, 0.15) is 46.4 Å². The molecule has 0 bridgehead atoms. The fourth-order valence-electron chi connectivity index (χ4n) is 2.18. The van der Waals surface area contributed by atoms with Crippen molar-refractivity contribution in [2.45, 2.75) is 58.7 Å². The molecule has 21 heavy (non-hydrogen) atoms. The van der Waals surface area contributed by atoms with Gasteiger partial charge in [0.1, 0.15) is 6.04 Å². The second-order valence-corrected chi connectivity index (χ2v) is 6.50. The summed E-state index contributed by atoms with van der Waals surface area (Å²) in [6, 6.07) is -0.0623. The smallest absolute Gasteiger partial charge is 0.316 e. The van der Waals surface area contributed by atoms with Gasteiger partial charge in [0, 0.05) is 18.6 Å². The van der Waals surface area contributed by atoms with Gasteiger partial charge in [-0.3, -0.25) is 4.79 Å². The Morgan fingerprint density at radius 3 is 2.62 bits per heavy atom. The topological polar surface area (TPSA) is 83.3 Å². The number of likely N-dealkylation sites (tertiary alicyclic amines) is 1. The summed E-state index contributed by atoms with van der Waals surface area (Å²) in [4.78, 5) is 14.0. The van der Waals surface area contributed by atoms with E-state index in [0.29, 0.717) is 18.5 Å². The molecule has 1 saturated heterocycles. The molecule has 0 aromatic carbocycles. The van der Waals surface area contributed by atoms with E-state index >= 15 is 0 Å². The van der Waals surface area contributed by atoms with Crippen molar-refractivity contribution in [2.75, 3.05) is 18.4 Å². The Morgan fingerprint density at radius 2 is 2.00 bits per heavy atom. The van der Waals surface area contributed by atoms with E-state index in [0.717, 1.165) is 25.9 Å². The molecule has 7 nitrogen and oxygen atoms in total. The lowest BCUT2D eigenvalue weighted by atomic mass is 10.1. The number of hydrogen-bond donors (Lipinski definition) is 2. The lowest BCUT2D eigenvalue weighted by Gasteiger charge is -2.20. The predicted molar refractivity (Wildman–Crippen MR) is 79.8 cm³/mol. The molecule has 0 aliphatic carbocycles. The minimum absolute atomic E-state index is 0.0128. The van der Waals surface area contributed by atoms with Gasteiger partial charge in [-0.05, 0) is 40.5 Å². The van der Waals surface area contributed by atoms with Crippen molar-refractivity contribution < 1.29 is 9.21 Å². The van der Waals surface area contributed by atoms with Crippen LogP contribution in [0, 0.1) is 0 Å². The van der Waals surface area contributed by atoms with E-state index in [-0.39, 0.29) is 17.5 Å². The summed E-state index contributed by atoms with van der Waals surface area (Å²) < 4.78 is 5.50. The highest BCUT2D eigenvalue weighted by atomic mass is 16.4. The van der Waals surface area contributed by atoms with Crippen molar-refractivity contribution in [3.8, 4) is 0 Å². The number of anilines is 1. The van der Waals surface area contributed by atoms with E-state index in [1.807, 2.05) is 11.8 Å². The summed E-state index contributed by atoms with van der Waals surface area (Å²) in [7, 11) is 0. The van der Waals surface area contributed by atoms with Crippen LogP contribution >= 0.6 is 0 Å². The third kappa shape index (κ3) is 4.70. The number of carbonyl (C=O) groups is 1. The van der Waals surface area contributed by atoms with E-state index in [9.17, 15) is 4.79 Å². The maximum absolute atomic E-state index is 12.2. The quantitative estimate of drug-likeness (QED) is 0.854. The Morgan fingerprint density at radius 1 is 1.33 bits per heavy atom. The molecular formula is C14H25N5O2. The predicted octanol–water partition coefficient (Wildman–Crippen LogP) is 1.38. The van der Waals surface area contributed by atoms with Gasteiger partial charge >= 0.3 is 6.01 Å². The lowest BCUT2D eigenvalue weighted by molar-refractivity contribution is -0.130. The molecule has 0 spiro atoms. The van der Waals surface area contributed by atoms with E-state index < -0.39 is 0 Å². The molecule has 1 aromatic heterocycles. The average Bonchev–Trinajstić information content (AvgIpc) is 3.06. The number of amides is 1. The summed E-state index contributed by atoms with van der Waals surface area (Å²) in [6.45, 7) is 10.2. The van der Waals surface area contributed by atoms with Gasteiger partial charge in [-0.1, -0.05) is 5.10 Å². The summed E-state index contributed by atoms with van der Waals surface area (Å²) in [5.74, 6) is 0.591. The molecule has 1 unspecified atom stereocenters. The van der Waals surface area contributed by atoms with Crippen LogP contribution in [0.15, 0.2) is 4.42 Å². The summed E-state index contributed by atoms with van der Waals surface area (Å²) in [5, 5.41) is 14.1. The first kappa shape index (κ1) is 15.8. The van der Waals surface area contributed by atoms with Gasteiger partial charge in [0.15, 0.2) is 0 Å². The molecule has 1 aromatic rings. The highest BCUT2D eigenvalue weighted by Gasteiger charge is 2.24. The standard InChI is InChI=1S/C14H25N5O2/c1-10(12(20)19-7-5-6-8-19)16-13-18-17-11(21-13)9-15-14(2,3)4/h10,15H,5-9H2,1-4H3,(H,16,18). The third-order valence-electron chi connectivity index (χ3n) is 3.36. The van der Waals surface area contributed by atoms with E-state index in [1.54, 1.807) is 0 Å². The first-order valence-corrected chi connectivity index (χ1v) is 7.48. The van der Waals surface area contributed by atoms with Gasteiger partial charge in [0.2, 0.25) is 11.8 Å². The number of hydrogen-bond acceptors (Lipinski definition) is 6. The zero-order valence-corrected chi connectivity index (χ0v) is 13.3. The lowest BCUT2D eigenvalue weighted by Crippen LogP contribution is -2.39. The normalized spacial score (nSPS) is 17.0. The fraction of sp³-hybridized carbons (Fsp3) is 0.786. The van der Waals surface area contributed by atoms with Gasteiger partial charge in [0.25, 0.3) is 0 Å². The SMILES string of the molecule is CC(Nc1nnc(CNC(C)(C)C)o1)C(=O)N1CCCC1. The molecule has 0 radical (unpaired) electrons. The van der Waals surface area contributed by atoms with Crippen LogP contribution in [0.3, 0.4) is 0 Å². The highest BCUT2D eigenvalue weighted by molar-refractivity contribution is 5.83. The zero-order valence-electron chi connectivity index (χ0n) is 13.3. The van der Waals surface area contributed by atoms with Crippen LogP contribution in [0.2, 0.25) is 0 Å². The molecule has 118 valence electrons. The third-order valence-corrected chi connectivity index (χ3v) is 3.36. The Balaban J connectivity index is 1.85. The average molecular weight is 295 g/mol. The van der Waals surface area contributed by atoms with Gasteiger partial charge in [-0.25, -0.2) is 0 Å². The van der Waals surface area contributed by atoms with Gasteiger partial charge in [-0.15, -0.1) is 5.10 Å². The Bertz CT molecular complexity index is 474. The van der Waals surface area contributed by atoms with Crippen LogP contribution in [-0.2, 0) is 11.3 Å². The van der Waals surface area contributed by atoms with Crippen molar-refractivity contribution in [1.82, 2.24) is 20.4 Å². The molecule has 1 aliphatic rings. The van der Waals surface area contributed by atoms with E-state index in [4.69, 9.17) is 4.42 Å². The van der Waals surface area contributed by atoms with Gasteiger partial charge in [-0.2, -0.15) is 0 Å². The number of carbonyl (C=O) groups excluding carboxylic acids is 1. The number of rotatable bonds is 5. The number of aromatic nitrogens is 2. The largest absolute Gasteiger partial charge is 0.407 e. The van der Waals surface area contributed by atoms with Crippen molar-refractivity contribution in [2.24, 2.45) is 0 Å². The second-order valence-electron chi connectivity index (χ2n) is 6.50. The molecule has 1 aliphatic heterocycles. The fourth-order valence-corrected chi connectivity index (χ4v) is 2.18. The van der Waals surface area contributed by atoms with Crippen molar-refractivity contribution in [1.29, 1.82) is 0 Å². The summed E-state index contributed by atoms with van der Waals surface area (Å²) in [6.07, 6.45) is 2.17. The van der Waals surface area contributed by atoms with Crippen molar-refractivity contribution in [3.05, 3.63) is 5.89 Å². The maximum Gasteiger partial charge on any atom is 0.316 e. The Labute approximate surface area is 125 Å². The summed E-state index contributed by atoms with van der Waals surface area (Å²) >= 11 is 0. The minimum Gasteiger partial charge on any atom is -0.407 e. The molecule has 2 rings (SSSR count).